The van der Waals surface area contributed by atoms with Gasteiger partial charge >= 0.3 is 5.97 Å². The number of carbonyl (C=O) groups excluding carboxylic acids is 1. The summed E-state index contributed by atoms with van der Waals surface area (Å²) in [5.74, 6) is -1.16. The number of nitrogens with zero attached hydrogens (tertiary/aromatic N) is 3. The van der Waals surface area contributed by atoms with Gasteiger partial charge in [0.2, 0.25) is 0 Å². The Morgan fingerprint density at radius 1 is 1.11 bits per heavy atom. The third-order valence-corrected chi connectivity index (χ3v) is 6.69. The normalized spacial score (nSPS) is 15.6. The van der Waals surface area contributed by atoms with E-state index >= 15 is 0 Å². The number of amides is 1. The summed E-state index contributed by atoms with van der Waals surface area (Å²) in [6.07, 6.45) is 6.57. The molecule has 3 heterocycles. The lowest BCUT2D eigenvalue weighted by atomic mass is 10.0. The predicted octanol–water partition coefficient (Wildman–Crippen LogP) is 5.83. The molecule has 2 aromatic heterocycles. The number of fused-ring (bicyclic) bond motifs is 1. The average Bonchev–Trinajstić information content (AvgIpc) is 3.27. The number of nitrogens with one attached hydrogen (secondary N) is 1. The Hall–Kier alpha value is -3.56. The molecule has 0 spiro atoms. The molecule has 1 fully saturated rings. The number of carboxylic acids is 1. The highest BCUT2D eigenvalue weighted by Gasteiger charge is 2.24. The van der Waals surface area contributed by atoms with Gasteiger partial charge in [0, 0.05) is 34.6 Å². The summed E-state index contributed by atoms with van der Waals surface area (Å²) >= 11 is 3.51. The summed E-state index contributed by atoms with van der Waals surface area (Å²) in [4.78, 5) is 28.6. The highest BCUT2D eigenvalue weighted by atomic mass is 79.9. The Balaban J connectivity index is 1.41. The van der Waals surface area contributed by atoms with Crippen LogP contribution in [0.4, 0.5) is 5.69 Å². The molecule has 2 aromatic carbocycles. The maximum Gasteiger partial charge on any atom is 0.303 e. The van der Waals surface area contributed by atoms with Gasteiger partial charge in [0.1, 0.15) is 0 Å². The molecule has 1 amide bonds. The first kappa shape index (κ1) is 24.1. The summed E-state index contributed by atoms with van der Waals surface area (Å²) in [7, 11) is 0. The summed E-state index contributed by atoms with van der Waals surface area (Å²) in [5, 5.41) is 17.3. The Labute approximate surface area is 216 Å². The average molecular weight is 549 g/mol. The van der Waals surface area contributed by atoms with Crippen molar-refractivity contribution in [2.75, 3.05) is 11.9 Å². The fourth-order valence-corrected chi connectivity index (χ4v) is 4.79. The number of aryl methyl sites for hydroxylation is 1. The molecule has 36 heavy (non-hydrogen) atoms. The zero-order valence-electron chi connectivity index (χ0n) is 19.5. The first-order valence-corrected chi connectivity index (χ1v) is 12.6. The van der Waals surface area contributed by atoms with Crippen LogP contribution in [0.25, 0.3) is 22.0 Å². The lowest BCUT2D eigenvalue weighted by molar-refractivity contribution is -0.136. The van der Waals surface area contributed by atoms with E-state index in [9.17, 15) is 9.59 Å². The molecule has 0 saturated carbocycles. The van der Waals surface area contributed by atoms with Crippen molar-refractivity contribution in [1.82, 2.24) is 14.8 Å². The van der Waals surface area contributed by atoms with E-state index in [0.29, 0.717) is 24.4 Å². The van der Waals surface area contributed by atoms with Crippen LogP contribution in [0.2, 0.25) is 0 Å². The zero-order chi connectivity index (χ0) is 25.1. The molecule has 1 aliphatic rings. The lowest BCUT2D eigenvalue weighted by Crippen LogP contribution is -2.20. The molecule has 2 N–H and O–H groups in total. The molecule has 1 atom stereocenters. The second-order valence-electron chi connectivity index (χ2n) is 8.79. The first-order chi connectivity index (χ1) is 17.5. The van der Waals surface area contributed by atoms with E-state index < -0.39 is 5.97 Å². The Kier molecular flexibility index (Phi) is 7.11. The van der Waals surface area contributed by atoms with Gasteiger partial charge in [-0.2, -0.15) is 5.10 Å². The smallest absolute Gasteiger partial charge is 0.303 e. The van der Waals surface area contributed by atoms with Gasteiger partial charge in [-0.3, -0.25) is 14.6 Å². The number of rotatable bonds is 7. The lowest BCUT2D eigenvalue weighted by Gasteiger charge is -2.23. The first-order valence-electron chi connectivity index (χ1n) is 11.8. The molecular formula is C27H25BrN4O4. The van der Waals surface area contributed by atoms with Crippen molar-refractivity contribution in [3.8, 4) is 11.1 Å². The van der Waals surface area contributed by atoms with Gasteiger partial charge < -0.3 is 15.2 Å². The molecule has 0 aliphatic carbocycles. The Morgan fingerprint density at radius 3 is 2.81 bits per heavy atom. The van der Waals surface area contributed by atoms with Crippen molar-refractivity contribution in [2.24, 2.45) is 0 Å². The summed E-state index contributed by atoms with van der Waals surface area (Å²) in [5.41, 5.74) is 4.35. The van der Waals surface area contributed by atoms with Gasteiger partial charge in [0.15, 0.2) is 11.9 Å². The van der Waals surface area contributed by atoms with E-state index in [0.717, 1.165) is 51.3 Å². The van der Waals surface area contributed by atoms with Gasteiger partial charge in [0.05, 0.1) is 17.4 Å². The number of hydrogen-bond donors (Lipinski definition) is 2. The van der Waals surface area contributed by atoms with Crippen LogP contribution in [-0.2, 0) is 16.0 Å². The standard InChI is InChI=1S/C27H25BrN4O4/c28-20-8-9-23-22(14-20)26(31-32(23)24-6-1-2-11-36-24)27(35)30-21-13-19(15-29-16-21)18-5-3-4-17(12-18)7-10-25(33)34/h3-5,8-9,12-16,24H,1-2,6-7,10-11H2,(H,30,35)(H,33,34). The largest absolute Gasteiger partial charge is 0.481 e. The molecule has 184 valence electrons. The van der Waals surface area contributed by atoms with Gasteiger partial charge in [-0.15, -0.1) is 0 Å². The number of benzene rings is 2. The van der Waals surface area contributed by atoms with Crippen LogP contribution in [0, 0.1) is 0 Å². The number of halogens is 1. The van der Waals surface area contributed by atoms with E-state index in [-0.39, 0.29) is 18.6 Å². The number of aliphatic carboxylic acids is 1. The van der Waals surface area contributed by atoms with Crippen LogP contribution in [0.1, 0.15) is 48.0 Å². The minimum atomic E-state index is -0.830. The molecule has 0 radical (unpaired) electrons. The number of aromatic nitrogens is 3. The zero-order valence-corrected chi connectivity index (χ0v) is 21.1. The number of carbonyl (C=O) groups is 2. The second kappa shape index (κ2) is 10.6. The van der Waals surface area contributed by atoms with Crippen molar-refractivity contribution in [3.05, 3.63) is 76.7 Å². The van der Waals surface area contributed by atoms with E-state index in [1.54, 1.807) is 12.4 Å². The molecular weight excluding hydrogens is 524 g/mol. The number of ether oxygens (including phenoxy) is 1. The van der Waals surface area contributed by atoms with Crippen LogP contribution in [0.3, 0.4) is 0 Å². The molecule has 8 nitrogen and oxygen atoms in total. The van der Waals surface area contributed by atoms with E-state index in [1.807, 2.05) is 53.2 Å². The maximum absolute atomic E-state index is 13.4. The molecule has 9 heteroatoms. The van der Waals surface area contributed by atoms with Gasteiger partial charge in [-0.05, 0) is 61.1 Å². The highest BCUT2D eigenvalue weighted by molar-refractivity contribution is 9.10. The molecule has 1 aliphatic heterocycles. The van der Waals surface area contributed by atoms with Gasteiger partial charge in [0.25, 0.3) is 5.91 Å². The Morgan fingerprint density at radius 2 is 2.00 bits per heavy atom. The minimum absolute atomic E-state index is 0.0699. The second-order valence-corrected chi connectivity index (χ2v) is 9.70. The van der Waals surface area contributed by atoms with Gasteiger partial charge in [-0.1, -0.05) is 40.2 Å². The quantitative estimate of drug-likeness (QED) is 0.301. The SMILES string of the molecule is O=C(O)CCc1cccc(-c2cncc(NC(=O)c3nn(C4CCCCO4)c4ccc(Br)cc34)c2)c1. The highest BCUT2D eigenvalue weighted by Crippen LogP contribution is 2.30. The van der Waals surface area contributed by atoms with Crippen molar-refractivity contribution in [2.45, 2.75) is 38.3 Å². The fourth-order valence-electron chi connectivity index (χ4n) is 4.43. The minimum Gasteiger partial charge on any atom is -0.481 e. The molecule has 1 saturated heterocycles. The predicted molar refractivity (Wildman–Crippen MR) is 140 cm³/mol. The van der Waals surface area contributed by atoms with Crippen LogP contribution >= 0.6 is 15.9 Å². The van der Waals surface area contributed by atoms with Crippen LogP contribution in [0.15, 0.2) is 65.4 Å². The number of pyridine rings is 1. The summed E-state index contributed by atoms with van der Waals surface area (Å²) in [6.45, 7) is 0.681. The molecule has 4 aromatic rings. The number of carboxylic acid groups (broad SMARTS) is 1. The number of anilines is 1. The van der Waals surface area contributed by atoms with Crippen molar-refractivity contribution < 1.29 is 19.4 Å². The third kappa shape index (κ3) is 5.32. The van der Waals surface area contributed by atoms with E-state index in [2.05, 4.69) is 31.3 Å². The molecule has 0 bridgehead atoms. The van der Waals surface area contributed by atoms with Crippen molar-refractivity contribution in [1.29, 1.82) is 0 Å². The topological polar surface area (TPSA) is 106 Å². The van der Waals surface area contributed by atoms with E-state index in [4.69, 9.17) is 9.84 Å². The Bertz CT molecular complexity index is 1430. The maximum atomic E-state index is 13.4. The summed E-state index contributed by atoms with van der Waals surface area (Å²) in [6, 6.07) is 15.3. The fraction of sp³-hybridized carbons (Fsp3) is 0.259. The molecule has 1 unspecified atom stereocenters. The molecule has 5 rings (SSSR count). The van der Waals surface area contributed by atoms with Gasteiger partial charge in [-0.25, -0.2) is 4.68 Å². The third-order valence-electron chi connectivity index (χ3n) is 6.20. The van der Waals surface area contributed by atoms with Crippen LogP contribution in [0.5, 0.6) is 0 Å². The summed E-state index contributed by atoms with van der Waals surface area (Å²) < 4.78 is 8.61. The van der Waals surface area contributed by atoms with Crippen molar-refractivity contribution in [3.63, 3.8) is 0 Å². The monoisotopic (exact) mass is 548 g/mol. The van der Waals surface area contributed by atoms with Crippen LogP contribution in [-0.4, -0.2) is 38.4 Å². The van der Waals surface area contributed by atoms with E-state index in [1.165, 1.54) is 0 Å². The van der Waals surface area contributed by atoms with Crippen molar-refractivity contribution >= 4 is 44.4 Å². The number of hydrogen-bond acceptors (Lipinski definition) is 5. The van der Waals surface area contributed by atoms with Crippen LogP contribution < -0.4 is 5.32 Å².